The summed E-state index contributed by atoms with van der Waals surface area (Å²) in [6.07, 6.45) is 5.38. The van der Waals surface area contributed by atoms with Gasteiger partial charge in [-0.05, 0) is 13.3 Å². The summed E-state index contributed by atoms with van der Waals surface area (Å²) in [5.41, 5.74) is 11.2. The fourth-order valence-corrected chi connectivity index (χ4v) is 1.18. The van der Waals surface area contributed by atoms with Gasteiger partial charge in [-0.25, -0.2) is 9.37 Å². The number of aromatic nitrogens is 1. The van der Waals surface area contributed by atoms with Gasteiger partial charge in [0, 0.05) is 17.8 Å². The normalized spacial score (nSPS) is 13.3. The predicted molar refractivity (Wildman–Crippen MR) is 60.9 cm³/mol. The van der Waals surface area contributed by atoms with Crippen LogP contribution >= 0.6 is 11.6 Å². The minimum Gasteiger partial charge on any atom is -0.382 e. The molecule has 4 N–H and O–H groups in total. The third-order valence-corrected chi connectivity index (χ3v) is 2.18. The van der Waals surface area contributed by atoms with Gasteiger partial charge in [0.05, 0.1) is 0 Å². The maximum atomic E-state index is 13.5. The third-order valence-electron chi connectivity index (χ3n) is 1.82. The molecule has 0 bridgehead atoms. The molecule has 0 aliphatic heterocycles. The summed E-state index contributed by atoms with van der Waals surface area (Å²) in [5.74, 6) is -0.552. The first-order chi connectivity index (χ1) is 7.02. The molecule has 0 aliphatic rings. The van der Waals surface area contributed by atoms with Crippen LogP contribution in [0.5, 0.6) is 0 Å². The van der Waals surface area contributed by atoms with E-state index in [1.54, 1.807) is 12.2 Å². The second-order valence-electron chi connectivity index (χ2n) is 3.34. The van der Waals surface area contributed by atoms with Crippen LogP contribution in [0.3, 0.4) is 0 Å². The van der Waals surface area contributed by atoms with Gasteiger partial charge in [-0.2, -0.15) is 0 Å². The lowest BCUT2D eigenvalue weighted by Crippen LogP contribution is -2.12. The first kappa shape index (κ1) is 11.9. The summed E-state index contributed by atoms with van der Waals surface area (Å²) in [5, 5.41) is -0.141. The van der Waals surface area contributed by atoms with Crippen LogP contribution in [0.25, 0.3) is 6.08 Å². The zero-order chi connectivity index (χ0) is 11.4. The van der Waals surface area contributed by atoms with Crippen LogP contribution in [-0.2, 0) is 0 Å². The van der Waals surface area contributed by atoms with E-state index in [0.717, 1.165) is 0 Å². The Hall–Kier alpha value is -1.13. The van der Waals surface area contributed by atoms with Crippen molar-refractivity contribution in [3.63, 3.8) is 0 Å². The van der Waals surface area contributed by atoms with Gasteiger partial charge in [0.25, 0.3) is 0 Å². The van der Waals surface area contributed by atoms with Crippen LogP contribution < -0.4 is 11.5 Å². The Kier molecular flexibility index (Phi) is 4.05. The van der Waals surface area contributed by atoms with E-state index in [4.69, 9.17) is 23.1 Å². The molecule has 0 radical (unpaired) electrons. The molecule has 5 heteroatoms. The van der Waals surface area contributed by atoms with Crippen molar-refractivity contribution in [2.24, 2.45) is 5.73 Å². The van der Waals surface area contributed by atoms with E-state index in [-0.39, 0.29) is 16.9 Å². The summed E-state index contributed by atoms with van der Waals surface area (Å²) in [6, 6.07) is 0.0431. The summed E-state index contributed by atoms with van der Waals surface area (Å²) >= 11 is 5.60. The molecule has 1 aromatic heterocycles. The minimum atomic E-state index is -0.551. The SMILES string of the molecule is C[C@H](N)C/C=C/c1cnc(N)c(Cl)c1F. The van der Waals surface area contributed by atoms with Gasteiger partial charge in [0.15, 0.2) is 5.82 Å². The van der Waals surface area contributed by atoms with E-state index < -0.39 is 5.82 Å². The number of pyridine rings is 1. The number of nitrogen functional groups attached to an aromatic ring is 1. The summed E-state index contributed by atoms with van der Waals surface area (Å²) < 4.78 is 13.5. The van der Waals surface area contributed by atoms with E-state index >= 15 is 0 Å². The molecule has 1 atom stereocenters. The van der Waals surface area contributed by atoms with Crippen molar-refractivity contribution in [1.82, 2.24) is 4.98 Å². The van der Waals surface area contributed by atoms with Crippen LogP contribution in [0.4, 0.5) is 10.2 Å². The molecule has 0 saturated heterocycles. The van der Waals surface area contributed by atoms with Crippen molar-refractivity contribution < 1.29 is 4.39 Å². The quantitative estimate of drug-likeness (QED) is 0.835. The smallest absolute Gasteiger partial charge is 0.154 e. The van der Waals surface area contributed by atoms with E-state index in [2.05, 4.69) is 4.98 Å². The van der Waals surface area contributed by atoms with Gasteiger partial charge in [-0.15, -0.1) is 0 Å². The average Bonchev–Trinajstić information content (AvgIpc) is 2.18. The van der Waals surface area contributed by atoms with Crippen molar-refractivity contribution in [2.75, 3.05) is 5.73 Å². The molecule has 0 aliphatic carbocycles. The number of nitrogens with zero attached hydrogens (tertiary/aromatic N) is 1. The third kappa shape index (κ3) is 3.18. The lowest BCUT2D eigenvalue weighted by Gasteiger charge is -2.02. The van der Waals surface area contributed by atoms with Gasteiger partial charge in [-0.3, -0.25) is 0 Å². The predicted octanol–water partition coefficient (Wildman–Crippen LogP) is 2.21. The van der Waals surface area contributed by atoms with Crippen molar-refractivity contribution in [3.8, 4) is 0 Å². The van der Waals surface area contributed by atoms with E-state index in [9.17, 15) is 4.39 Å². The Balaban J connectivity index is 2.87. The molecule has 1 aromatic rings. The molecular formula is C10H13ClFN3. The minimum absolute atomic E-state index is 0.00138. The monoisotopic (exact) mass is 229 g/mol. The second-order valence-corrected chi connectivity index (χ2v) is 3.72. The zero-order valence-corrected chi connectivity index (χ0v) is 9.13. The molecule has 1 heterocycles. The average molecular weight is 230 g/mol. The molecule has 15 heavy (non-hydrogen) atoms. The number of halogens is 2. The number of anilines is 1. The van der Waals surface area contributed by atoms with Crippen molar-refractivity contribution >= 4 is 23.5 Å². The Labute approximate surface area is 92.9 Å². The standard InChI is InChI=1S/C10H13ClFN3/c1-6(13)3-2-4-7-5-15-10(14)8(11)9(7)12/h2,4-6H,3,13H2,1H3,(H2,14,15)/b4-2+/t6-/m0/s1. The van der Waals surface area contributed by atoms with Crippen molar-refractivity contribution in [3.05, 3.63) is 28.7 Å². The highest BCUT2D eigenvalue weighted by Crippen LogP contribution is 2.23. The largest absolute Gasteiger partial charge is 0.382 e. The maximum absolute atomic E-state index is 13.5. The molecule has 0 saturated carbocycles. The number of nitrogens with two attached hydrogens (primary N) is 2. The lowest BCUT2D eigenvalue weighted by molar-refractivity contribution is 0.624. The van der Waals surface area contributed by atoms with Gasteiger partial charge in [0.1, 0.15) is 10.8 Å². The number of hydrogen-bond acceptors (Lipinski definition) is 3. The van der Waals surface area contributed by atoms with E-state index in [1.165, 1.54) is 6.20 Å². The van der Waals surface area contributed by atoms with Crippen LogP contribution in [0, 0.1) is 5.82 Å². The fraction of sp³-hybridized carbons (Fsp3) is 0.300. The summed E-state index contributed by atoms with van der Waals surface area (Å²) in [7, 11) is 0. The van der Waals surface area contributed by atoms with Crippen LogP contribution in [-0.4, -0.2) is 11.0 Å². The molecule has 0 amide bonds. The van der Waals surface area contributed by atoms with Gasteiger partial charge >= 0.3 is 0 Å². The molecule has 0 aromatic carbocycles. The maximum Gasteiger partial charge on any atom is 0.154 e. The summed E-state index contributed by atoms with van der Waals surface area (Å²) in [6.45, 7) is 1.87. The van der Waals surface area contributed by atoms with Crippen LogP contribution in [0.1, 0.15) is 18.9 Å². The number of hydrogen-bond donors (Lipinski definition) is 2. The molecular weight excluding hydrogens is 217 g/mol. The number of rotatable bonds is 3. The van der Waals surface area contributed by atoms with E-state index in [1.807, 2.05) is 6.92 Å². The van der Waals surface area contributed by atoms with Crippen molar-refractivity contribution in [2.45, 2.75) is 19.4 Å². The highest BCUT2D eigenvalue weighted by Gasteiger charge is 2.08. The molecule has 0 unspecified atom stereocenters. The highest BCUT2D eigenvalue weighted by atomic mass is 35.5. The van der Waals surface area contributed by atoms with Gasteiger partial charge in [-0.1, -0.05) is 23.8 Å². The van der Waals surface area contributed by atoms with Crippen LogP contribution in [0.2, 0.25) is 5.02 Å². The molecule has 1 rings (SSSR count). The summed E-state index contributed by atoms with van der Waals surface area (Å²) in [4.78, 5) is 3.76. The Morgan fingerprint density at radius 3 is 2.93 bits per heavy atom. The molecule has 0 fully saturated rings. The Morgan fingerprint density at radius 2 is 2.33 bits per heavy atom. The molecule has 82 valence electrons. The topological polar surface area (TPSA) is 64.9 Å². The fourth-order valence-electron chi connectivity index (χ4n) is 1.02. The van der Waals surface area contributed by atoms with Crippen LogP contribution in [0.15, 0.2) is 12.3 Å². The van der Waals surface area contributed by atoms with E-state index in [0.29, 0.717) is 12.0 Å². The molecule has 3 nitrogen and oxygen atoms in total. The van der Waals surface area contributed by atoms with Gasteiger partial charge < -0.3 is 11.5 Å². The first-order valence-electron chi connectivity index (χ1n) is 4.54. The highest BCUT2D eigenvalue weighted by molar-refractivity contribution is 6.33. The second kappa shape index (κ2) is 5.09. The molecule has 0 spiro atoms. The Morgan fingerprint density at radius 1 is 1.67 bits per heavy atom. The zero-order valence-electron chi connectivity index (χ0n) is 8.37. The van der Waals surface area contributed by atoms with Gasteiger partial charge in [0.2, 0.25) is 0 Å². The first-order valence-corrected chi connectivity index (χ1v) is 4.91. The lowest BCUT2D eigenvalue weighted by atomic mass is 10.2. The van der Waals surface area contributed by atoms with Crippen molar-refractivity contribution in [1.29, 1.82) is 0 Å². The Bertz CT molecular complexity index is 377.